The minimum atomic E-state index is -4.96. The number of rotatable bonds is 2. The Bertz CT molecular complexity index is 2040. The van der Waals surface area contributed by atoms with Crippen LogP contribution >= 0.6 is 15.6 Å². The van der Waals surface area contributed by atoms with E-state index >= 15 is 4.39 Å². The minimum Gasteiger partial charge on any atom is -0.382 e. The first-order valence-corrected chi connectivity index (χ1v) is 17.1. The van der Waals surface area contributed by atoms with E-state index < -0.39 is 75.9 Å². The molecule has 7 N–H and O–H groups in total. The lowest BCUT2D eigenvalue weighted by atomic mass is 9.92. The van der Waals surface area contributed by atoms with Gasteiger partial charge < -0.3 is 30.6 Å². The highest BCUT2D eigenvalue weighted by atomic mass is 31.2. The molecule has 2 bridgehead atoms. The summed E-state index contributed by atoms with van der Waals surface area (Å²) in [6, 6.07) is 0. The lowest BCUT2D eigenvalue weighted by Crippen LogP contribution is -2.37. The van der Waals surface area contributed by atoms with Crippen molar-refractivity contribution in [1.82, 2.24) is 39.0 Å². The summed E-state index contributed by atoms with van der Waals surface area (Å²) in [6.07, 6.45) is -3.94. The van der Waals surface area contributed by atoms with Crippen LogP contribution in [0.5, 0.6) is 0 Å². The second kappa shape index (κ2) is 10.1. The van der Waals surface area contributed by atoms with Gasteiger partial charge in [-0.2, -0.15) is 4.98 Å². The molecule has 2 aliphatic heterocycles. The highest BCUT2D eigenvalue weighted by Crippen LogP contribution is 2.70. The number of H-pyrrole nitrogens is 1. The van der Waals surface area contributed by atoms with Crippen molar-refractivity contribution in [2.45, 2.75) is 49.6 Å². The van der Waals surface area contributed by atoms with Crippen molar-refractivity contribution >= 4 is 49.7 Å². The van der Waals surface area contributed by atoms with E-state index in [0.717, 1.165) is 6.33 Å². The standard InChI is InChI=1S/C23H27FN10O10P2/c1-8-9-3-40-45(36,37)43-15-11(42-21(12(15)24)33-6-29-13-17(25)27-5-28-18(13)33)4-41-46(38,39)44-16(8)23(2-10(9)23)34-7-30-14-19(34)31-22(26)32-20(14)35/h5-12,15-16,21H,2-4H2,1H3,(H,36,37)(H,38,39)(H2,25,27,28)(H3,26,31,32,35)/t8-,9-,10+,11-,12-,15-,16-,21-,23+/m1/s1. The molecule has 46 heavy (non-hydrogen) atoms. The number of anilines is 2. The fraction of sp³-hybridized carbons (Fsp3) is 0.565. The van der Waals surface area contributed by atoms with E-state index in [1.165, 1.54) is 17.2 Å². The van der Waals surface area contributed by atoms with Crippen molar-refractivity contribution in [1.29, 1.82) is 0 Å². The van der Waals surface area contributed by atoms with E-state index in [4.69, 9.17) is 34.3 Å². The van der Waals surface area contributed by atoms with Crippen LogP contribution in [0.4, 0.5) is 16.2 Å². The molecule has 0 radical (unpaired) electrons. The van der Waals surface area contributed by atoms with Crippen molar-refractivity contribution in [2.24, 2.45) is 17.8 Å². The molecule has 2 aliphatic carbocycles. The fourth-order valence-electron chi connectivity index (χ4n) is 7.23. The second-order valence-electron chi connectivity index (χ2n) is 11.8. The number of phosphoric acid groups is 2. The van der Waals surface area contributed by atoms with Crippen LogP contribution in [0.1, 0.15) is 19.6 Å². The highest BCUT2D eigenvalue weighted by Gasteiger charge is 2.73. The Kier molecular flexibility index (Phi) is 6.55. The van der Waals surface area contributed by atoms with Gasteiger partial charge in [0.2, 0.25) is 5.95 Å². The average molecular weight is 684 g/mol. The number of aromatic amines is 1. The van der Waals surface area contributed by atoms with Gasteiger partial charge in [-0.3, -0.25) is 32.4 Å². The molecule has 4 aliphatic rings. The maximum atomic E-state index is 16.0. The smallest absolute Gasteiger partial charge is 0.382 e. The van der Waals surface area contributed by atoms with Crippen molar-refractivity contribution in [2.75, 3.05) is 24.7 Å². The van der Waals surface area contributed by atoms with Crippen LogP contribution in [0, 0.1) is 17.8 Å². The monoisotopic (exact) mass is 684 g/mol. The van der Waals surface area contributed by atoms with Gasteiger partial charge in [0.05, 0.1) is 37.5 Å². The van der Waals surface area contributed by atoms with Gasteiger partial charge in [0.15, 0.2) is 35.0 Å². The first-order chi connectivity index (χ1) is 21.8. The van der Waals surface area contributed by atoms with Gasteiger partial charge >= 0.3 is 15.6 Å². The Morgan fingerprint density at radius 1 is 1.04 bits per heavy atom. The predicted octanol–water partition coefficient (Wildman–Crippen LogP) is 0.359. The van der Waals surface area contributed by atoms with Crippen LogP contribution in [0.2, 0.25) is 0 Å². The topological polar surface area (TPSA) is 280 Å². The quantitative estimate of drug-likeness (QED) is 0.178. The highest BCUT2D eigenvalue weighted by molar-refractivity contribution is 7.47. The van der Waals surface area contributed by atoms with Crippen LogP contribution in [-0.2, 0) is 37.5 Å². The van der Waals surface area contributed by atoms with Crippen molar-refractivity contribution in [3.8, 4) is 0 Å². The first-order valence-electron chi connectivity index (χ1n) is 14.1. The Morgan fingerprint density at radius 3 is 2.59 bits per heavy atom. The Hall–Kier alpha value is -3.39. The third-order valence-corrected chi connectivity index (χ3v) is 11.3. The van der Waals surface area contributed by atoms with Crippen molar-refractivity contribution in [3.05, 3.63) is 29.3 Å². The van der Waals surface area contributed by atoms with E-state index in [1.54, 1.807) is 11.5 Å². The number of alkyl halides is 1. The number of nitrogen functional groups attached to an aromatic ring is 2. The third kappa shape index (κ3) is 4.45. The zero-order chi connectivity index (χ0) is 32.3. The molecule has 4 aromatic heterocycles. The molecule has 2 saturated carbocycles. The van der Waals surface area contributed by atoms with E-state index in [1.807, 2.05) is 0 Å². The van der Waals surface area contributed by atoms with Gasteiger partial charge in [-0.05, 0) is 24.2 Å². The van der Waals surface area contributed by atoms with E-state index in [-0.39, 0.29) is 46.6 Å². The third-order valence-electron chi connectivity index (χ3n) is 9.33. The van der Waals surface area contributed by atoms with Crippen LogP contribution in [-0.4, -0.2) is 86.5 Å². The zero-order valence-electron chi connectivity index (χ0n) is 23.7. The van der Waals surface area contributed by atoms with Gasteiger partial charge in [-0.25, -0.2) is 33.5 Å². The molecule has 0 amide bonds. The van der Waals surface area contributed by atoms with Crippen LogP contribution < -0.4 is 17.0 Å². The van der Waals surface area contributed by atoms with E-state index in [0.29, 0.717) is 6.42 Å². The molecular formula is C23H27FN10O10P2. The molecule has 0 aromatic carbocycles. The molecule has 6 heterocycles. The lowest BCUT2D eigenvalue weighted by molar-refractivity contribution is -0.0494. The number of halogens is 1. The fourth-order valence-corrected chi connectivity index (χ4v) is 9.27. The molecule has 11 atom stereocenters. The van der Waals surface area contributed by atoms with Crippen LogP contribution in [0.15, 0.2) is 23.8 Å². The second-order valence-corrected chi connectivity index (χ2v) is 14.6. The molecular weight excluding hydrogens is 657 g/mol. The number of nitrogens with one attached hydrogen (secondary N) is 1. The molecule has 0 spiro atoms. The number of aromatic nitrogens is 8. The van der Waals surface area contributed by atoms with Gasteiger partial charge in [-0.15, -0.1) is 0 Å². The maximum absolute atomic E-state index is 16.0. The van der Waals surface area contributed by atoms with Crippen molar-refractivity contribution in [3.63, 3.8) is 0 Å². The zero-order valence-corrected chi connectivity index (χ0v) is 25.5. The number of phosphoric ester groups is 2. The van der Waals surface area contributed by atoms with Gasteiger partial charge in [0.1, 0.15) is 24.1 Å². The number of ether oxygens (including phenoxy) is 1. The van der Waals surface area contributed by atoms with Crippen molar-refractivity contribution < 1.29 is 46.1 Å². The summed E-state index contributed by atoms with van der Waals surface area (Å²) in [5.74, 6) is -1.57. The maximum Gasteiger partial charge on any atom is 0.472 e. The molecule has 4 aromatic rings. The number of hydrogen-bond donors (Lipinski definition) is 5. The Morgan fingerprint density at radius 2 is 1.78 bits per heavy atom. The normalized spacial score (nSPS) is 41.0. The number of nitrogens with two attached hydrogens (primary N) is 2. The summed E-state index contributed by atoms with van der Waals surface area (Å²) in [4.78, 5) is 57.0. The number of hydrogen-bond acceptors (Lipinski definition) is 15. The van der Waals surface area contributed by atoms with Gasteiger partial charge in [0.25, 0.3) is 5.56 Å². The summed E-state index contributed by atoms with van der Waals surface area (Å²) in [7, 11) is -9.89. The number of fused-ring (bicyclic) bond motifs is 8. The molecule has 23 heteroatoms. The van der Waals surface area contributed by atoms with Gasteiger partial charge in [0, 0.05) is 0 Å². The molecule has 2 saturated heterocycles. The Balaban J connectivity index is 1.14. The summed E-state index contributed by atoms with van der Waals surface area (Å²) in [6.45, 7) is 0.567. The summed E-state index contributed by atoms with van der Waals surface area (Å²) in [5, 5.41) is 0. The van der Waals surface area contributed by atoms with Crippen LogP contribution in [0.25, 0.3) is 22.3 Å². The number of nitrogens with zero attached hydrogens (tertiary/aromatic N) is 7. The minimum absolute atomic E-state index is 0.00834. The summed E-state index contributed by atoms with van der Waals surface area (Å²) >= 11 is 0. The molecule has 246 valence electrons. The van der Waals surface area contributed by atoms with E-state index in [9.17, 15) is 23.7 Å². The summed E-state index contributed by atoms with van der Waals surface area (Å²) in [5.41, 5.74) is 10.4. The van der Waals surface area contributed by atoms with Crippen LogP contribution in [0.3, 0.4) is 0 Å². The number of imidazole rings is 2. The molecule has 20 nitrogen and oxygen atoms in total. The molecule has 4 fully saturated rings. The Labute approximate surface area is 256 Å². The largest absolute Gasteiger partial charge is 0.472 e. The average Bonchev–Trinajstić information content (AvgIpc) is 3.26. The first kappa shape index (κ1) is 30.0. The SMILES string of the molecule is C[C@@H]1[C@H]2COP(=O)(O)O[C@H]3[C@@H](F)[C@H](n4cnc5c(N)ncnc54)O[C@@H]3COP(=O)(O)O[C@H]1[C@]1(n3cnc4c(=O)[nH]c(N)nc43)C[C@@H]21. The molecule has 2 unspecified atom stereocenters. The molecule has 8 rings (SSSR count). The van der Waals surface area contributed by atoms with Gasteiger partial charge in [-0.1, -0.05) is 6.92 Å². The summed E-state index contributed by atoms with van der Waals surface area (Å²) < 4.78 is 73.2. The predicted molar refractivity (Wildman–Crippen MR) is 151 cm³/mol. The lowest BCUT2D eigenvalue weighted by Gasteiger charge is -2.31. The van der Waals surface area contributed by atoms with E-state index in [2.05, 4.69) is 29.9 Å².